The van der Waals surface area contributed by atoms with E-state index < -0.39 is 6.36 Å². The van der Waals surface area contributed by atoms with Crippen LogP contribution in [0.25, 0.3) is 0 Å². The molecule has 0 spiro atoms. The van der Waals surface area contributed by atoms with Crippen molar-refractivity contribution < 1.29 is 17.9 Å². The molecule has 15 heavy (non-hydrogen) atoms. The Morgan fingerprint density at radius 3 is 2.33 bits per heavy atom. The van der Waals surface area contributed by atoms with E-state index in [4.69, 9.17) is 0 Å². The van der Waals surface area contributed by atoms with Crippen molar-refractivity contribution in [3.05, 3.63) is 0 Å². The molecule has 0 radical (unpaired) electrons. The quantitative estimate of drug-likeness (QED) is 0.714. The van der Waals surface area contributed by atoms with Gasteiger partial charge < -0.3 is 10.2 Å². The molecule has 0 fully saturated rings. The second-order valence-corrected chi connectivity index (χ2v) is 3.71. The molecule has 0 heterocycles. The predicted octanol–water partition coefficient (Wildman–Crippen LogP) is 1.45. The average Bonchev–Trinajstić information content (AvgIpc) is 2.00. The fourth-order valence-electron chi connectivity index (χ4n) is 0.973. The van der Waals surface area contributed by atoms with Crippen LogP contribution in [0.5, 0.6) is 0 Å². The number of rotatable bonds is 7. The minimum absolute atomic E-state index is 0.277. The van der Waals surface area contributed by atoms with E-state index in [9.17, 15) is 13.2 Å². The van der Waals surface area contributed by atoms with Crippen molar-refractivity contribution in [1.29, 1.82) is 0 Å². The number of halogens is 3. The van der Waals surface area contributed by atoms with Crippen LogP contribution in [0.3, 0.4) is 0 Å². The molecule has 0 saturated heterocycles. The van der Waals surface area contributed by atoms with E-state index in [0.29, 0.717) is 12.6 Å². The van der Waals surface area contributed by atoms with Crippen LogP contribution in [0.1, 0.15) is 13.8 Å². The first-order valence-corrected chi connectivity index (χ1v) is 4.94. The van der Waals surface area contributed by atoms with E-state index in [0.717, 1.165) is 6.54 Å². The van der Waals surface area contributed by atoms with E-state index in [1.165, 1.54) is 0 Å². The zero-order valence-corrected chi connectivity index (χ0v) is 9.40. The number of likely N-dealkylation sites (N-methyl/N-ethyl adjacent to an activating group) is 1. The smallest absolute Gasteiger partial charge is 0.313 e. The summed E-state index contributed by atoms with van der Waals surface area (Å²) in [5.41, 5.74) is 0. The molecule has 0 aliphatic carbocycles. The predicted molar refractivity (Wildman–Crippen MR) is 52.6 cm³/mol. The molecular formula is C9H19F3N2O. The zero-order chi connectivity index (χ0) is 11.9. The first kappa shape index (κ1) is 14.7. The van der Waals surface area contributed by atoms with Gasteiger partial charge in [0, 0.05) is 25.7 Å². The third-order valence-electron chi connectivity index (χ3n) is 1.78. The SMILES string of the molecule is CC(C)NCCN(C)CCOC(F)(F)F. The summed E-state index contributed by atoms with van der Waals surface area (Å²) in [4.78, 5) is 1.79. The molecule has 0 bridgehead atoms. The van der Waals surface area contributed by atoms with E-state index in [1.807, 2.05) is 13.8 Å². The van der Waals surface area contributed by atoms with Gasteiger partial charge in [-0.25, -0.2) is 0 Å². The summed E-state index contributed by atoms with van der Waals surface area (Å²) < 4.78 is 38.5. The van der Waals surface area contributed by atoms with E-state index >= 15 is 0 Å². The van der Waals surface area contributed by atoms with E-state index in [2.05, 4.69) is 10.1 Å². The van der Waals surface area contributed by atoms with Gasteiger partial charge in [0.25, 0.3) is 0 Å². The lowest BCUT2D eigenvalue weighted by atomic mass is 10.4. The summed E-state index contributed by atoms with van der Waals surface area (Å²) in [7, 11) is 1.77. The topological polar surface area (TPSA) is 24.5 Å². The van der Waals surface area contributed by atoms with Gasteiger partial charge in [0.15, 0.2) is 0 Å². The van der Waals surface area contributed by atoms with Gasteiger partial charge in [-0.15, -0.1) is 13.2 Å². The third-order valence-corrected chi connectivity index (χ3v) is 1.78. The second kappa shape index (κ2) is 7.03. The molecule has 0 rings (SSSR count). The van der Waals surface area contributed by atoms with Gasteiger partial charge in [-0.3, -0.25) is 4.74 Å². The van der Waals surface area contributed by atoms with Crippen molar-refractivity contribution in [2.24, 2.45) is 0 Å². The molecule has 1 N–H and O–H groups in total. The summed E-state index contributed by atoms with van der Waals surface area (Å²) in [5.74, 6) is 0. The molecule has 0 saturated carbocycles. The Labute approximate surface area is 88.6 Å². The third kappa shape index (κ3) is 11.6. The minimum atomic E-state index is -4.52. The second-order valence-electron chi connectivity index (χ2n) is 3.71. The van der Waals surface area contributed by atoms with Crippen molar-refractivity contribution in [1.82, 2.24) is 10.2 Å². The highest BCUT2D eigenvalue weighted by Gasteiger charge is 2.28. The summed E-state index contributed by atoms with van der Waals surface area (Å²) in [6.07, 6.45) is -4.52. The zero-order valence-electron chi connectivity index (χ0n) is 9.40. The van der Waals surface area contributed by atoms with Gasteiger partial charge in [-0.1, -0.05) is 13.8 Å². The average molecular weight is 228 g/mol. The number of nitrogens with one attached hydrogen (secondary N) is 1. The summed E-state index contributed by atoms with van der Waals surface area (Å²) in [6, 6.07) is 0.393. The van der Waals surface area contributed by atoms with Crippen LogP contribution in [-0.2, 0) is 4.74 Å². The maximum atomic E-state index is 11.6. The van der Waals surface area contributed by atoms with Crippen LogP contribution in [0, 0.1) is 0 Å². The number of ether oxygens (including phenoxy) is 1. The Bertz CT molecular complexity index is 162. The number of nitrogens with zero attached hydrogens (tertiary/aromatic N) is 1. The lowest BCUT2D eigenvalue weighted by Crippen LogP contribution is -2.35. The Balaban J connectivity index is 3.37. The number of hydrogen-bond acceptors (Lipinski definition) is 3. The Morgan fingerprint density at radius 1 is 1.27 bits per heavy atom. The Hall–Kier alpha value is -0.330. The summed E-state index contributed by atoms with van der Waals surface area (Å²) in [6.45, 7) is 5.47. The summed E-state index contributed by atoms with van der Waals surface area (Å²) >= 11 is 0. The van der Waals surface area contributed by atoms with Crippen LogP contribution in [-0.4, -0.2) is 50.6 Å². The van der Waals surface area contributed by atoms with Gasteiger partial charge in [-0.2, -0.15) is 0 Å². The maximum Gasteiger partial charge on any atom is 0.522 e. The molecular weight excluding hydrogens is 209 g/mol. The van der Waals surface area contributed by atoms with Crippen molar-refractivity contribution >= 4 is 0 Å². The summed E-state index contributed by atoms with van der Waals surface area (Å²) in [5, 5.41) is 3.18. The highest BCUT2D eigenvalue weighted by Crippen LogP contribution is 2.15. The Kier molecular flexibility index (Phi) is 6.87. The normalized spacial score (nSPS) is 12.8. The van der Waals surface area contributed by atoms with Gasteiger partial charge in [0.1, 0.15) is 0 Å². The van der Waals surface area contributed by atoms with Crippen molar-refractivity contribution in [3.63, 3.8) is 0 Å². The van der Waals surface area contributed by atoms with Gasteiger partial charge in [0.2, 0.25) is 0 Å². The fourth-order valence-corrected chi connectivity index (χ4v) is 0.973. The van der Waals surface area contributed by atoms with Crippen LogP contribution in [0.4, 0.5) is 13.2 Å². The van der Waals surface area contributed by atoms with Crippen LogP contribution in [0.15, 0.2) is 0 Å². The molecule has 0 aliphatic rings. The molecule has 0 aromatic rings. The van der Waals surface area contributed by atoms with Gasteiger partial charge in [0.05, 0.1) is 6.61 Å². The monoisotopic (exact) mass is 228 g/mol. The lowest BCUT2D eigenvalue weighted by Gasteiger charge is -2.18. The van der Waals surface area contributed by atoms with Gasteiger partial charge in [-0.05, 0) is 7.05 Å². The van der Waals surface area contributed by atoms with Crippen LogP contribution < -0.4 is 5.32 Å². The largest absolute Gasteiger partial charge is 0.522 e. The number of hydrogen-bond donors (Lipinski definition) is 1. The molecule has 6 heteroatoms. The van der Waals surface area contributed by atoms with Crippen LogP contribution in [0.2, 0.25) is 0 Å². The van der Waals surface area contributed by atoms with E-state index in [1.54, 1.807) is 11.9 Å². The number of alkyl halides is 3. The molecule has 0 aromatic heterocycles. The van der Waals surface area contributed by atoms with Crippen molar-refractivity contribution in [3.8, 4) is 0 Å². The molecule has 92 valence electrons. The lowest BCUT2D eigenvalue weighted by molar-refractivity contribution is -0.324. The van der Waals surface area contributed by atoms with E-state index in [-0.39, 0.29) is 13.2 Å². The highest BCUT2D eigenvalue weighted by molar-refractivity contribution is 4.57. The molecule has 0 unspecified atom stereocenters. The minimum Gasteiger partial charge on any atom is -0.313 e. The molecule has 3 nitrogen and oxygen atoms in total. The molecule has 0 amide bonds. The maximum absolute atomic E-state index is 11.6. The van der Waals surface area contributed by atoms with Crippen LogP contribution >= 0.6 is 0 Å². The molecule has 0 atom stereocenters. The highest BCUT2D eigenvalue weighted by atomic mass is 19.4. The first-order chi connectivity index (χ1) is 6.81. The van der Waals surface area contributed by atoms with Crippen molar-refractivity contribution in [2.45, 2.75) is 26.3 Å². The molecule has 0 aromatic carbocycles. The first-order valence-electron chi connectivity index (χ1n) is 4.94. The van der Waals surface area contributed by atoms with Crippen molar-refractivity contribution in [2.75, 3.05) is 33.3 Å². The standard InChI is InChI=1S/C9H19F3N2O/c1-8(2)13-4-5-14(3)6-7-15-9(10,11)12/h8,13H,4-7H2,1-3H3. The fraction of sp³-hybridized carbons (Fsp3) is 1.00. The Morgan fingerprint density at radius 2 is 1.87 bits per heavy atom. The van der Waals surface area contributed by atoms with Gasteiger partial charge >= 0.3 is 6.36 Å². The molecule has 0 aliphatic heterocycles.